The van der Waals surface area contributed by atoms with Crippen LogP contribution in [0.5, 0.6) is 0 Å². The maximum absolute atomic E-state index is 12.1. The standard InChI is InChI=1S/C15H28N2O2/c1-11(2)8-15(6-3-7-15)10-17-14(18)13-5-4-12(9-16)19-13/h11-13H,3-10,16H2,1-2H3,(H,17,18)/t12-,13+/m1/s1. The molecule has 2 aliphatic rings. The Morgan fingerprint density at radius 3 is 2.63 bits per heavy atom. The van der Waals surface area contributed by atoms with Crippen LogP contribution in [0.2, 0.25) is 0 Å². The van der Waals surface area contributed by atoms with Crippen LogP contribution in [-0.4, -0.2) is 31.2 Å². The largest absolute Gasteiger partial charge is 0.364 e. The van der Waals surface area contributed by atoms with Gasteiger partial charge in [0.15, 0.2) is 0 Å². The van der Waals surface area contributed by atoms with Crippen LogP contribution < -0.4 is 11.1 Å². The highest BCUT2D eigenvalue weighted by Gasteiger charge is 2.38. The molecule has 2 rings (SSSR count). The number of hydrogen-bond donors (Lipinski definition) is 2. The van der Waals surface area contributed by atoms with E-state index >= 15 is 0 Å². The molecule has 4 nitrogen and oxygen atoms in total. The van der Waals surface area contributed by atoms with Gasteiger partial charge in [-0.15, -0.1) is 0 Å². The second kappa shape index (κ2) is 6.23. The number of rotatable bonds is 6. The number of carbonyl (C=O) groups is 1. The Hall–Kier alpha value is -0.610. The van der Waals surface area contributed by atoms with Gasteiger partial charge in [0.25, 0.3) is 0 Å². The van der Waals surface area contributed by atoms with Crippen molar-refractivity contribution in [1.82, 2.24) is 5.32 Å². The molecular weight excluding hydrogens is 240 g/mol. The zero-order chi connectivity index (χ0) is 13.9. The summed E-state index contributed by atoms with van der Waals surface area (Å²) >= 11 is 0. The Morgan fingerprint density at radius 2 is 2.16 bits per heavy atom. The van der Waals surface area contributed by atoms with Crippen LogP contribution in [0.1, 0.15) is 52.4 Å². The molecule has 19 heavy (non-hydrogen) atoms. The minimum absolute atomic E-state index is 0.0611. The summed E-state index contributed by atoms with van der Waals surface area (Å²) < 4.78 is 5.63. The molecule has 3 N–H and O–H groups in total. The number of carbonyl (C=O) groups excluding carboxylic acids is 1. The van der Waals surface area contributed by atoms with Gasteiger partial charge < -0.3 is 15.8 Å². The van der Waals surface area contributed by atoms with Crippen molar-refractivity contribution < 1.29 is 9.53 Å². The molecule has 1 amide bonds. The molecule has 0 aromatic heterocycles. The van der Waals surface area contributed by atoms with Gasteiger partial charge in [0.1, 0.15) is 6.10 Å². The molecule has 0 radical (unpaired) electrons. The predicted molar refractivity (Wildman–Crippen MR) is 75.7 cm³/mol. The highest BCUT2D eigenvalue weighted by Crippen LogP contribution is 2.45. The molecule has 1 heterocycles. The van der Waals surface area contributed by atoms with E-state index in [2.05, 4.69) is 19.2 Å². The van der Waals surface area contributed by atoms with Gasteiger partial charge in [-0.2, -0.15) is 0 Å². The SMILES string of the molecule is CC(C)CC1(CNC(=O)[C@@H]2CC[C@H](CN)O2)CCC1. The molecule has 0 aromatic rings. The number of amides is 1. The quantitative estimate of drug-likeness (QED) is 0.772. The van der Waals surface area contributed by atoms with Crippen LogP contribution in [0, 0.1) is 11.3 Å². The highest BCUT2D eigenvalue weighted by molar-refractivity contribution is 5.81. The number of nitrogens with one attached hydrogen (secondary N) is 1. The Labute approximate surface area is 116 Å². The van der Waals surface area contributed by atoms with Crippen molar-refractivity contribution in [3.63, 3.8) is 0 Å². The van der Waals surface area contributed by atoms with Crippen molar-refractivity contribution in [3.05, 3.63) is 0 Å². The van der Waals surface area contributed by atoms with Gasteiger partial charge in [-0.25, -0.2) is 0 Å². The first-order chi connectivity index (χ1) is 9.04. The van der Waals surface area contributed by atoms with Crippen LogP contribution in [0.25, 0.3) is 0 Å². The number of hydrogen-bond acceptors (Lipinski definition) is 3. The zero-order valence-corrected chi connectivity index (χ0v) is 12.3. The topological polar surface area (TPSA) is 64.4 Å². The van der Waals surface area contributed by atoms with E-state index in [9.17, 15) is 4.79 Å². The van der Waals surface area contributed by atoms with E-state index in [1.165, 1.54) is 25.7 Å². The third-order valence-corrected chi connectivity index (χ3v) is 4.56. The molecule has 0 unspecified atom stereocenters. The molecule has 1 aliphatic heterocycles. The van der Waals surface area contributed by atoms with Gasteiger partial charge in [-0.1, -0.05) is 20.3 Å². The van der Waals surface area contributed by atoms with E-state index in [-0.39, 0.29) is 18.1 Å². The van der Waals surface area contributed by atoms with Crippen molar-refractivity contribution in [1.29, 1.82) is 0 Å². The van der Waals surface area contributed by atoms with E-state index in [0.29, 0.717) is 17.9 Å². The summed E-state index contributed by atoms with van der Waals surface area (Å²) in [4.78, 5) is 12.1. The molecule has 1 saturated heterocycles. The van der Waals surface area contributed by atoms with Gasteiger partial charge in [-0.05, 0) is 43.4 Å². The fourth-order valence-corrected chi connectivity index (χ4v) is 3.46. The van der Waals surface area contributed by atoms with Crippen molar-refractivity contribution >= 4 is 5.91 Å². The Kier molecular flexibility index (Phi) is 4.85. The maximum atomic E-state index is 12.1. The Morgan fingerprint density at radius 1 is 1.42 bits per heavy atom. The first kappa shape index (κ1) is 14.8. The zero-order valence-electron chi connectivity index (χ0n) is 12.3. The van der Waals surface area contributed by atoms with Crippen molar-refractivity contribution in [2.45, 2.75) is 64.6 Å². The van der Waals surface area contributed by atoms with Crippen molar-refractivity contribution in [2.75, 3.05) is 13.1 Å². The summed E-state index contributed by atoms with van der Waals surface area (Å²) in [6.45, 7) is 5.85. The van der Waals surface area contributed by atoms with E-state index < -0.39 is 0 Å². The van der Waals surface area contributed by atoms with E-state index in [1.54, 1.807) is 0 Å². The summed E-state index contributed by atoms with van der Waals surface area (Å²) in [6, 6.07) is 0. The molecule has 4 heteroatoms. The van der Waals surface area contributed by atoms with E-state index in [4.69, 9.17) is 10.5 Å². The van der Waals surface area contributed by atoms with Crippen molar-refractivity contribution in [3.8, 4) is 0 Å². The lowest BCUT2D eigenvalue weighted by atomic mass is 9.64. The van der Waals surface area contributed by atoms with Crippen LogP contribution in [0.3, 0.4) is 0 Å². The smallest absolute Gasteiger partial charge is 0.249 e. The van der Waals surface area contributed by atoms with Crippen LogP contribution in [0.15, 0.2) is 0 Å². The van der Waals surface area contributed by atoms with E-state index in [1.807, 2.05) is 0 Å². The van der Waals surface area contributed by atoms with Gasteiger partial charge in [-0.3, -0.25) is 4.79 Å². The summed E-state index contributed by atoms with van der Waals surface area (Å²) in [5.74, 6) is 0.757. The van der Waals surface area contributed by atoms with Crippen molar-refractivity contribution in [2.24, 2.45) is 17.1 Å². The summed E-state index contributed by atoms with van der Waals surface area (Å²) in [6.07, 6.45) is 6.54. The van der Waals surface area contributed by atoms with Gasteiger partial charge in [0.05, 0.1) is 6.10 Å². The average molecular weight is 268 g/mol. The summed E-state index contributed by atoms with van der Waals surface area (Å²) in [7, 11) is 0. The highest BCUT2D eigenvalue weighted by atomic mass is 16.5. The third kappa shape index (κ3) is 3.69. The predicted octanol–water partition coefficient (Wildman–Crippen LogP) is 1.83. The van der Waals surface area contributed by atoms with Gasteiger partial charge >= 0.3 is 0 Å². The normalized spacial score (nSPS) is 29.3. The molecule has 1 saturated carbocycles. The first-order valence-corrected chi connectivity index (χ1v) is 7.68. The summed E-state index contributed by atoms with van der Waals surface area (Å²) in [5.41, 5.74) is 5.93. The number of ether oxygens (including phenoxy) is 1. The van der Waals surface area contributed by atoms with Crippen LogP contribution >= 0.6 is 0 Å². The lowest BCUT2D eigenvalue weighted by Gasteiger charge is -2.43. The molecule has 2 atom stereocenters. The Balaban J connectivity index is 1.76. The molecule has 0 aromatic carbocycles. The second-order valence-electron chi connectivity index (χ2n) is 6.73. The van der Waals surface area contributed by atoms with Gasteiger partial charge in [0, 0.05) is 13.1 Å². The average Bonchev–Trinajstić information content (AvgIpc) is 2.80. The monoisotopic (exact) mass is 268 g/mol. The first-order valence-electron chi connectivity index (χ1n) is 7.68. The molecule has 1 aliphatic carbocycles. The third-order valence-electron chi connectivity index (χ3n) is 4.56. The molecule has 110 valence electrons. The second-order valence-corrected chi connectivity index (χ2v) is 6.73. The lowest BCUT2D eigenvalue weighted by Crippen LogP contribution is -2.46. The van der Waals surface area contributed by atoms with Crippen LogP contribution in [-0.2, 0) is 9.53 Å². The molecule has 0 bridgehead atoms. The molecular formula is C15H28N2O2. The fourth-order valence-electron chi connectivity index (χ4n) is 3.46. The molecule has 0 spiro atoms. The fraction of sp³-hybridized carbons (Fsp3) is 0.933. The minimum atomic E-state index is -0.273. The van der Waals surface area contributed by atoms with Gasteiger partial charge in [0.2, 0.25) is 5.91 Å². The van der Waals surface area contributed by atoms with E-state index in [0.717, 1.165) is 19.4 Å². The molecule has 2 fully saturated rings. The van der Waals surface area contributed by atoms with Crippen LogP contribution in [0.4, 0.5) is 0 Å². The lowest BCUT2D eigenvalue weighted by molar-refractivity contribution is -0.132. The minimum Gasteiger partial charge on any atom is -0.364 e. The maximum Gasteiger partial charge on any atom is 0.249 e. The number of nitrogens with two attached hydrogens (primary N) is 1. The Bertz CT molecular complexity index is 313. The summed E-state index contributed by atoms with van der Waals surface area (Å²) in [5, 5.41) is 3.11.